The fraction of sp³-hybridized carbons (Fsp3) is 1.00. The molecule has 78 valence electrons. The molecule has 0 unspecified atom stereocenters. The van der Waals surface area contributed by atoms with Gasteiger partial charge in [0.15, 0.2) is 0 Å². The summed E-state index contributed by atoms with van der Waals surface area (Å²) in [6, 6.07) is 0. The standard InChI is InChI=1S/C10H24N2Si/c1-10(2)8-11-6-7-12(10)9-13(3,4)5/h11H,6-9H2,1-5H3. The van der Waals surface area contributed by atoms with E-state index in [0.29, 0.717) is 5.54 Å². The van der Waals surface area contributed by atoms with Crippen molar-refractivity contribution in [3.05, 3.63) is 0 Å². The summed E-state index contributed by atoms with van der Waals surface area (Å²) >= 11 is 0. The minimum absolute atomic E-state index is 0.360. The molecule has 0 bridgehead atoms. The van der Waals surface area contributed by atoms with E-state index >= 15 is 0 Å². The molecule has 1 saturated heterocycles. The van der Waals surface area contributed by atoms with Crippen molar-refractivity contribution in [2.75, 3.05) is 25.8 Å². The van der Waals surface area contributed by atoms with E-state index in [1.165, 1.54) is 12.7 Å². The third kappa shape index (κ3) is 3.41. The van der Waals surface area contributed by atoms with E-state index in [2.05, 4.69) is 43.7 Å². The molecular formula is C10H24N2Si. The Morgan fingerprint density at radius 2 is 1.92 bits per heavy atom. The maximum absolute atomic E-state index is 3.46. The molecule has 1 aliphatic rings. The number of hydrogen-bond donors (Lipinski definition) is 1. The smallest absolute Gasteiger partial charge is 0.0599 e. The summed E-state index contributed by atoms with van der Waals surface area (Å²) in [5, 5.41) is 3.46. The predicted molar refractivity (Wildman–Crippen MR) is 61.9 cm³/mol. The Hall–Kier alpha value is 0.137. The molecule has 0 atom stereocenters. The number of rotatable bonds is 2. The van der Waals surface area contributed by atoms with Crippen LogP contribution in [0.4, 0.5) is 0 Å². The molecule has 2 nitrogen and oxygen atoms in total. The molecular weight excluding hydrogens is 176 g/mol. The fourth-order valence-electron chi connectivity index (χ4n) is 1.89. The highest BCUT2D eigenvalue weighted by Gasteiger charge is 2.32. The van der Waals surface area contributed by atoms with Gasteiger partial charge in [0.25, 0.3) is 0 Å². The molecule has 13 heavy (non-hydrogen) atoms. The minimum Gasteiger partial charge on any atom is -0.314 e. The van der Waals surface area contributed by atoms with E-state index in [-0.39, 0.29) is 0 Å². The van der Waals surface area contributed by atoms with Crippen LogP contribution in [0.25, 0.3) is 0 Å². The lowest BCUT2D eigenvalue weighted by molar-refractivity contribution is 0.110. The summed E-state index contributed by atoms with van der Waals surface area (Å²) in [6.45, 7) is 15.6. The second-order valence-electron chi connectivity index (χ2n) is 5.97. The molecule has 1 heterocycles. The van der Waals surface area contributed by atoms with Crippen LogP contribution in [0.1, 0.15) is 13.8 Å². The van der Waals surface area contributed by atoms with Crippen LogP contribution < -0.4 is 5.32 Å². The van der Waals surface area contributed by atoms with Crippen LogP contribution in [0.2, 0.25) is 19.6 Å². The maximum Gasteiger partial charge on any atom is 0.0599 e. The van der Waals surface area contributed by atoms with Crippen LogP contribution in [-0.4, -0.2) is 44.3 Å². The molecule has 0 aliphatic carbocycles. The monoisotopic (exact) mass is 200 g/mol. The van der Waals surface area contributed by atoms with Crippen LogP contribution in [-0.2, 0) is 0 Å². The first-order valence-electron chi connectivity index (χ1n) is 5.27. The summed E-state index contributed by atoms with van der Waals surface area (Å²) in [5.41, 5.74) is 0.360. The van der Waals surface area contributed by atoms with Crippen LogP contribution in [0.3, 0.4) is 0 Å². The van der Waals surface area contributed by atoms with Gasteiger partial charge in [0, 0.05) is 25.2 Å². The average Bonchev–Trinajstić information content (AvgIpc) is 1.91. The molecule has 0 radical (unpaired) electrons. The molecule has 1 fully saturated rings. The molecule has 1 N–H and O–H groups in total. The lowest BCUT2D eigenvalue weighted by Gasteiger charge is -2.45. The summed E-state index contributed by atoms with van der Waals surface area (Å²) in [5.74, 6) is 0. The number of piperazine rings is 1. The van der Waals surface area contributed by atoms with Crippen molar-refractivity contribution in [2.24, 2.45) is 0 Å². The normalized spacial score (nSPS) is 24.7. The highest BCUT2D eigenvalue weighted by molar-refractivity contribution is 6.76. The average molecular weight is 200 g/mol. The second kappa shape index (κ2) is 3.71. The van der Waals surface area contributed by atoms with Gasteiger partial charge in [-0.2, -0.15) is 0 Å². The van der Waals surface area contributed by atoms with Crippen molar-refractivity contribution >= 4 is 8.07 Å². The Kier molecular flexibility index (Phi) is 3.20. The number of nitrogens with one attached hydrogen (secondary N) is 1. The lowest BCUT2D eigenvalue weighted by atomic mass is 10.0. The molecule has 1 rings (SSSR count). The van der Waals surface area contributed by atoms with Crippen LogP contribution in [0.5, 0.6) is 0 Å². The first-order valence-corrected chi connectivity index (χ1v) is 8.98. The molecule has 0 aromatic heterocycles. The van der Waals surface area contributed by atoms with Crippen LogP contribution in [0, 0.1) is 0 Å². The third-order valence-corrected chi connectivity index (χ3v) is 3.97. The number of hydrogen-bond acceptors (Lipinski definition) is 2. The van der Waals surface area contributed by atoms with Crippen LogP contribution in [0.15, 0.2) is 0 Å². The zero-order chi connectivity index (χ0) is 10.1. The zero-order valence-corrected chi connectivity index (χ0v) is 10.8. The second-order valence-corrected chi connectivity index (χ2v) is 11.4. The van der Waals surface area contributed by atoms with Gasteiger partial charge >= 0.3 is 0 Å². The van der Waals surface area contributed by atoms with E-state index in [9.17, 15) is 0 Å². The van der Waals surface area contributed by atoms with Gasteiger partial charge < -0.3 is 5.32 Å². The Balaban J connectivity index is 2.56. The van der Waals surface area contributed by atoms with Gasteiger partial charge in [-0.15, -0.1) is 0 Å². The first-order chi connectivity index (χ1) is 5.81. The van der Waals surface area contributed by atoms with Crippen LogP contribution >= 0.6 is 0 Å². The molecule has 0 saturated carbocycles. The maximum atomic E-state index is 3.46. The third-order valence-electron chi connectivity index (χ3n) is 2.64. The minimum atomic E-state index is -0.935. The molecule has 0 aromatic carbocycles. The van der Waals surface area contributed by atoms with Gasteiger partial charge in [-0.1, -0.05) is 19.6 Å². The Morgan fingerprint density at radius 1 is 1.31 bits per heavy atom. The summed E-state index contributed by atoms with van der Waals surface area (Å²) in [6.07, 6.45) is 1.34. The van der Waals surface area contributed by atoms with Gasteiger partial charge in [0.05, 0.1) is 8.07 Å². The molecule has 0 aromatic rings. The van der Waals surface area contributed by atoms with Gasteiger partial charge in [0.1, 0.15) is 0 Å². The Bertz CT molecular complexity index is 172. The Labute approximate surface area is 83.7 Å². The van der Waals surface area contributed by atoms with Crippen molar-refractivity contribution in [3.63, 3.8) is 0 Å². The van der Waals surface area contributed by atoms with Gasteiger partial charge in [0.2, 0.25) is 0 Å². The van der Waals surface area contributed by atoms with Gasteiger partial charge in [-0.05, 0) is 20.0 Å². The van der Waals surface area contributed by atoms with Crippen molar-refractivity contribution < 1.29 is 0 Å². The topological polar surface area (TPSA) is 15.3 Å². The summed E-state index contributed by atoms with van der Waals surface area (Å²) in [4.78, 5) is 2.66. The quantitative estimate of drug-likeness (QED) is 0.680. The molecule has 0 spiro atoms. The van der Waals surface area contributed by atoms with E-state index in [4.69, 9.17) is 0 Å². The first kappa shape index (κ1) is 11.2. The van der Waals surface area contributed by atoms with Crippen molar-refractivity contribution in [2.45, 2.75) is 39.0 Å². The lowest BCUT2D eigenvalue weighted by Crippen LogP contribution is -2.61. The summed E-state index contributed by atoms with van der Waals surface area (Å²) < 4.78 is 0. The fourth-order valence-corrected chi connectivity index (χ4v) is 3.62. The van der Waals surface area contributed by atoms with Crippen molar-refractivity contribution in [3.8, 4) is 0 Å². The summed E-state index contributed by atoms with van der Waals surface area (Å²) in [7, 11) is -0.935. The predicted octanol–water partition coefficient (Wildman–Crippen LogP) is 1.55. The molecule has 1 aliphatic heterocycles. The SMILES string of the molecule is CC1(C)CNCCN1C[Si](C)(C)C. The van der Waals surface area contributed by atoms with Crippen molar-refractivity contribution in [1.29, 1.82) is 0 Å². The van der Waals surface area contributed by atoms with Gasteiger partial charge in [-0.25, -0.2) is 0 Å². The largest absolute Gasteiger partial charge is 0.314 e. The van der Waals surface area contributed by atoms with E-state index in [0.717, 1.165) is 13.1 Å². The molecule has 0 amide bonds. The van der Waals surface area contributed by atoms with E-state index in [1.54, 1.807) is 0 Å². The Morgan fingerprint density at radius 3 is 2.38 bits per heavy atom. The zero-order valence-electron chi connectivity index (χ0n) is 9.78. The van der Waals surface area contributed by atoms with Gasteiger partial charge in [-0.3, -0.25) is 4.90 Å². The van der Waals surface area contributed by atoms with Crippen molar-refractivity contribution in [1.82, 2.24) is 10.2 Å². The number of nitrogens with zero attached hydrogens (tertiary/aromatic N) is 1. The highest BCUT2D eigenvalue weighted by atomic mass is 28.3. The highest BCUT2D eigenvalue weighted by Crippen LogP contribution is 2.18. The van der Waals surface area contributed by atoms with E-state index in [1.807, 2.05) is 0 Å². The molecule has 3 heteroatoms. The van der Waals surface area contributed by atoms with E-state index < -0.39 is 8.07 Å².